The molecular weight excluding hydrogens is 339 g/mol. The molecule has 1 heterocycles. The number of nitrogens with one attached hydrogen (secondary N) is 2. The topological polar surface area (TPSA) is 49.3 Å². The van der Waals surface area contributed by atoms with Crippen molar-refractivity contribution in [2.45, 2.75) is 39.3 Å². The third-order valence-electron chi connectivity index (χ3n) is 2.61. The summed E-state index contributed by atoms with van der Waals surface area (Å²) in [5.41, 5.74) is 2.05. The predicted molar refractivity (Wildman–Crippen MR) is 85.4 cm³/mol. The van der Waals surface area contributed by atoms with Gasteiger partial charge >= 0.3 is 0 Å². The van der Waals surface area contributed by atoms with Gasteiger partial charge in [0.25, 0.3) is 0 Å². The average molecular weight is 360 g/mol. The summed E-state index contributed by atoms with van der Waals surface area (Å²) in [5, 5.41) is 6.64. The van der Waals surface area contributed by atoms with E-state index >= 15 is 0 Å². The largest absolute Gasteiger partial charge is 0.357 e. The first-order valence-electron chi connectivity index (χ1n) is 6.25. The first kappa shape index (κ1) is 15.2. The summed E-state index contributed by atoms with van der Waals surface area (Å²) in [7, 11) is 0. The molecule has 1 aliphatic rings. The lowest BCUT2D eigenvalue weighted by molar-refractivity contribution is 0.807. The fourth-order valence-corrected chi connectivity index (χ4v) is 1.59. The molecule has 1 saturated carbocycles. The van der Waals surface area contributed by atoms with Gasteiger partial charge in [-0.15, -0.1) is 24.0 Å². The Morgan fingerprint density at radius 3 is 2.83 bits per heavy atom. The van der Waals surface area contributed by atoms with Gasteiger partial charge in [-0.05, 0) is 38.8 Å². The van der Waals surface area contributed by atoms with Crippen LogP contribution < -0.4 is 10.6 Å². The molecule has 0 aromatic carbocycles. The Kier molecular flexibility index (Phi) is 6.38. The smallest absolute Gasteiger partial charge is 0.191 e. The molecular formula is C13H21IN4. The highest BCUT2D eigenvalue weighted by Crippen LogP contribution is 2.18. The van der Waals surface area contributed by atoms with Crippen molar-refractivity contribution >= 4 is 29.9 Å². The highest BCUT2D eigenvalue weighted by molar-refractivity contribution is 14.0. The molecule has 0 atom stereocenters. The van der Waals surface area contributed by atoms with Crippen LogP contribution in [0, 0.1) is 6.92 Å². The van der Waals surface area contributed by atoms with E-state index in [9.17, 15) is 0 Å². The van der Waals surface area contributed by atoms with Crippen molar-refractivity contribution in [1.82, 2.24) is 15.6 Å². The normalized spacial score (nSPS) is 14.9. The van der Waals surface area contributed by atoms with Crippen molar-refractivity contribution in [2.75, 3.05) is 6.54 Å². The van der Waals surface area contributed by atoms with E-state index in [1.165, 1.54) is 12.8 Å². The quantitative estimate of drug-likeness (QED) is 0.492. The summed E-state index contributed by atoms with van der Waals surface area (Å²) in [6.45, 7) is 5.60. The Labute approximate surface area is 126 Å². The summed E-state index contributed by atoms with van der Waals surface area (Å²) in [5.74, 6) is 0.901. The lowest BCUT2D eigenvalue weighted by Crippen LogP contribution is -2.38. The minimum absolute atomic E-state index is 0. The van der Waals surface area contributed by atoms with Gasteiger partial charge in [-0.3, -0.25) is 4.98 Å². The van der Waals surface area contributed by atoms with Crippen molar-refractivity contribution in [3.8, 4) is 0 Å². The fraction of sp³-hybridized carbons (Fsp3) is 0.538. The van der Waals surface area contributed by atoms with Gasteiger partial charge in [0, 0.05) is 18.3 Å². The Morgan fingerprint density at radius 1 is 1.44 bits per heavy atom. The third-order valence-corrected chi connectivity index (χ3v) is 2.61. The second-order valence-electron chi connectivity index (χ2n) is 4.38. The number of aryl methyl sites for hydroxylation is 1. The number of hydrogen-bond acceptors (Lipinski definition) is 2. The van der Waals surface area contributed by atoms with Gasteiger partial charge in [0.1, 0.15) is 0 Å². The third kappa shape index (κ3) is 5.20. The summed E-state index contributed by atoms with van der Waals surface area (Å²) >= 11 is 0. The minimum Gasteiger partial charge on any atom is -0.357 e. The molecule has 0 bridgehead atoms. The van der Waals surface area contributed by atoms with Crippen LogP contribution in [0.4, 0.5) is 0 Å². The zero-order valence-corrected chi connectivity index (χ0v) is 13.3. The van der Waals surface area contributed by atoms with Crippen LogP contribution in [0.25, 0.3) is 0 Å². The SMILES string of the molecule is CCNC(=NCc1cccc(C)n1)NC1CC1.I. The van der Waals surface area contributed by atoms with Crippen molar-refractivity contribution in [1.29, 1.82) is 0 Å². The number of aromatic nitrogens is 1. The van der Waals surface area contributed by atoms with Crippen molar-refractivity contribution in [3.63, 3.8) is 0 Å². The van der Waals surface area contributed by atoms with Crippen LogP contribution >= 0.6 is 24.0 Å². The van der Waals surface area contributed by atoms with E-state index < -0.39 is 0 Å². The zero-order chi connectivity index (χ0) is 12.1. The van der Waals surface area contributed by atoms with Crippen LogP contribution in [0.1, 0.15) is 31.2 Å². The zero-order valence-electron chi connectivity index (χ0n) is 10.9. The maximum absolute atomic E-state index is 4.54. The van der Waals surface area contributed by atoms with Crippen LogP contribution in [0.2, 0.25) is 0 Å². The van der Waals surface area contributed by atoms with E-state index in [0.29, 0.717) is 12.6 Å². The molecule has 0 unspecified atom stereocenters. The lowest BCUT2D eigenvalue weighted by Gasteiger charge is -2.09. The standard InChI is InChI=1S/C13H20N4.HI/c1-3-14-13(17-11-7-8-11)15-9-12-6-4-5-10(2)16-12;/h4-6,11H,3,7-9H2,1-2H3,(H2,14,15,17);1H. The van der Waals surface area contributed by atoms with Crippen molar-refractivity contribution < 1.29 is 0 Å². The van der Waals surface area contributed by atoms with Gasteiger partial charge in [-0.2, -0.15) is 0 Å². The van der Waals surface area contributed by atoms with Crippen LogP contribution in [0.3, 0.4) is 0 Å². The maximum Gasteiger partial charge on any atom is 0.191 e. The maximum atomic E-state index is 4.54. The molecule has 18 heavy (non-hydrogen) atoms. The molecule has 2 N–H and O–H groups in total. The number of hydrogen-bond donors (Lipinski definition) is 2. The second-order valence-corrected chi connectivity index (χ2v) is 4.38. The van der Waals surface area contributed by atoms with Crippen LogP contribution in [-0.4, -0.2) is 23.5 Å². The Morgan fingerprint density at radius 2 is 2.22 bits per heavy atom. The summed E-state index contributed by atoms with van der Waals surface area (Å²) in [4.78, 5) is 8.97. The summed E-state index contributed by atoms with van der Waals surface area (Å²) < 4.78 is 0. The van der Waals surface area contributed by atoms with Gasteiger partial charge in [0.05, 0.1) is 12.2 Å². The fourth-order valence-electron chi connectivity index (χ4n) is 1.59. The highest BCUT2D eigenvalue weighted by atomic mass is 127. The first-order chi connectivity index (χ1) is 8.28. The number of nitrogens with zero attached hydrogens (tertiary/aromatic N) is 2. The lowest BCUT2D eigenvalue weighted by atomic mass is 10.3. The number of pyridine rings is 1. The monoisotopic (exact) mass is 360 g/mol. The second kappa shape index (κ2) is 7.56. The molecule has 1 aromatic rings. The summed E-state index contributed by atoms with van der Waals surface area (Å²) in [6.07, 6.45) is 2.51. The Hall–Kier alpha value is -0.850. The number of rotatable bonds is 4. The molecule has 1 aromatic heterocycles. The number of halogens is 1. The van der Waals surface area contributed by atoms with Crippen LogP contribution in [-0.2, 0) is 6.54 Å². The molecule has 1 aliphatic carbocycles. The van der Waals surface area contributed by atoms with Crippen molar-refractivity contribution in [3.05, 3.63) is 29.6 Å². The predicted octanol–water partition coefficient (Wildman–Crippen LogP) is 2.23. The van der Waals surface area contributed by atoms with E-state index in [1.807, 2.05) is 25.1 Å². The summed E-state index contributed by atoms with van der Waals surface area (Å²) in [6, 6.07) is 6.66. The van der Waals surface area contributed by atoms with Gasteiger partial charge in [-0.1, -0.05) is 6.07 Å². The van der Waals surface area contributed by atoms with Crippen LogP contribution in [0.15, 0.2) is 23.2 Å². The number of guanidine groups is 1. The molecule has 5 heteroatoms. The minimum atomic E-state index is 0. The first-order valence-corrected chi connectivity index (χ1v) is 6.25. The molecule has 0 radical (unpaired) electrons. The van der Waals surface area contributed by atoms with Gasteiger partial charge in [0.2, 0.25) is 0 Å². The highest BCUT2D eigenvalue weighted by Gasteiger charge is 2.21. The molecule has 0 amide bonds. The van der Waals surface area contributed by atoms with Gasteiger partial charge < -0.3 is 10.6 Å². The van der Waals surface area contributed by atoms with E-state index in [1.54, 1.807) is 0 Å². The Bertz CT molecular complexity index is 402. The molecule has 0 aliphatic heterocycles. The molecule has 4 nitrogen and oxygen atoms in total. The molecule has 0 saturated heterocycles. The van der Waals surface area contributed by atoms with Crippen LogP contribution in [0.5, 0.6) is 0 Å². The van der Waals surface area contributed by atoms with E-state index in [4.69, 9.17) is 0 Å². The van der Waals surface area contributed by atoms with E-state index in [0.717, 1.165) is 23.9 Å². The van der Waals surface area contributed by atoms with E-state index in [2.05, 4.69) is 27.5 Å². The molecule has 2 rings (SSSR count). The molecule has 0 spiro atoms. The molecule has 1 fully saturated rings. The van der Waals surface area contributed by atoms with Gasteiger partial charge in [0.15, 0.2) is 5.96 Å². The van der Waals surface area contributed by atoms with Gasteiger partial charge in [-0.25, -0.2) is 4.99 Å². The number of aliphatic imine (C=N–C) groups is 1. The molecule has 100 valence electrons. The average Bonchev–Trinajstić information content (AvgIpc) is 3.10. The Balaban J connectivity index is 0.00000162. The van der Waals surface area contributed by atoms with E-state index in [-0.39, 0.29) is 24.0 Å². The van der Waals surface area contributed by atoms with Crippen molar-refractivity contribution in [2.24, 2.45) is 4.99 Å².